The van der Waals surface area contributed by atoms with Crippen molar-refractivity contribution in [2.45, 2.75) is 112 Å². The number of ether oxygens (including phenoxy) is 1. The van der Waals surface area contributed by atoms with Crippen molar-refractivity contribution in [2.75, 3.05) is 13.2 Å². The molecule has 4 rings (SSSR count). The Labute approximate surface area is 352 Å². The minimum Gasteiger partial charge on any atom is -0.494 e. The number of aromatic nitrogens is 2. The van der Waals surface area contributed by atoms with Crippen molar-refractivity contribution in [3.8, 4) is 28.6 Å². The van der Waals surface area contributed by atoms with Gasteiger partial charge in [-0.1, -0.05) is 161 Å². The molecule has 0 fully saturated rings. The highest BCUT2D eigenvalue weighted by Gasteiger charge is 2.23. The quantitative estimate of drug-likeness (QED) is 0.0666. The number of nitrogens with one attached hydrogen (secondary N) is 2. The second-order valence-electron chi connectivity index (χ2n) is 15.9. The molecule has 10 heteroatoms. The van der Waals surface area contributed by atoms with E-state index in [0.717, 1.165) is 28.9 Å². The summed E-state index contributed by atoms with van der Waals surface area (Å²) in [6.45, 7) is 26.4. The van der Waals surface area contributed by atoms with Crippen LogP contribution >= 0.6 is 0 Å². The fraction of sp³-hybridized carbons (Fsp3) is 0.408. The lowest BCUT2D eigenvalue weighted by Crippen LogP contribution is -2.49. The molecule has 10 nitrogen and oxygen atoms in total. The summed E-state index contributed by atoms with van der Waals surface area (Å²) in [5.41, 5.74) is 5.05. The van der Waals surface area contributed by atoms with E-state index in [9.17, 15) is 14.4 Å². The standard InChI is InChI=1S/C37H44N4O6.C10H16.C2H6/c1-5-6-7-8-9-22-46-30-20-16-28(17-21-30)36-40-33(41-47-36)26-12-10-25(11-13-26)23-31(35(45)38-24-32(42)43)39-34(44)27-14-18-29(19-15-27)37(2,3)4;1-6-8-9(7-2)10(3,4)5;1-2/h10-21,31H,5-9,22-24H2,1-4H3,(H,38,45)(H,39,44)(H,42,43);6-8H,1-2H2,3-5H3;1-2H3/b;9-8+;. The fourth-order valence-electron chi connectivity index (χ4n) is 5.68. The van der Waals surface area contributed by atoms with E-state index in [-0.39, 0.29) is 17.3 Å². The molecule has 0 saturated heterocycles. The lowest BCUT2D eigenvalue weighted by Gasteiger charge is -2.20. The van der Waals surface area contributed by atoms with Crippen LogP contribution in [0.2, 0.25) is 0 Å². The van der Waals surface area contributed by atoms with Crippen LogP contribution in [0.5, 0.6) is 5.75 Å². The van der Waals surface area contributed by atoms with Crippen molar-refractivity contribution in [1.82, 2.24) is 20.8 Å². The first-order valence-electron chi connectivity index (χ1n) is 20.6. The Hall–Kier alpha value is -5.77. The third-order valence-electron chi connectivity index (χ3n) is 9.13. The Kier molecular flexibility index (Phi) is 20.8. The van der Waals surface area contributed by atoms with Gasteiger partial charge in [0.2, 0.25) is 11.7 Å². The van der Waals surface area contributed by atoms with E-state index in [4.69, 9.17) is 14.4 Å². The SMILES string of the molecule is C=C/C=C(\C=C)C(C)(C)C.CC.CCCCCCCOc1ccc(-c2nc(-c3ccc(CC(NC(=O)c4ccc(C(C)(C)C)cc4)C(=O)NCC(=O)O)cc3)no2)cc1. The number of carbonyl (C=O) groups is 3. The number of rotatable bonds is 18. The summed E-state index contributed by atoms with van der Waals surface area (Å²) in [5, 5.41) is 18.3. The predicted octanol–water partition coefficient (Wildman–Crippen LogP) is 10.9. The third-order valence-corrected chi connectivity index (χ3v) is 9.13. The Bertz CT molecular complexity index is 1930. The van der Waals surface area contributed by atoms with E-state index >= 15 is 0 Å². The molecule has 0 bridgehead atoms. The van der Waals surface area contributed by atoms with Crippen LogP contribution in [0.4, 0.5) is 0 Å². The van der Waals surface area contributed by atoms with Crippen LogP contribution in [-0.2, 0) is 21.4 Å². The van der Waals surface area contributed by atoms with Gasteiger partial charge >= 0.3 is 5.97 Å². The van der Waals surface area contributed by atoms with Gasteiger partial charge in [-0.3, -0.25) is 14.4 Å². The van der Waals surface area contributed by atoms with E-state index in [1.807, 2.05) is 74.5 Å². The van der Waals surface area contributed by atoms with Crippen molar-refractivity contribution in [3.63, 3.8) is 0 Å². The third kappa shape index (κ3) is 17.3. The van der Waals surface area contributed by atoms with Crippen LogP contribution < -0.4 is 15.4 Å². The van der Waals surface area contributed by atoms with E-state index in [0.29, 0.717) is 29.4 Å². The largest absolute Gasteiger partial charge is 0.494 e. The molecule has 1 unspecified atom stereocenters. The Morgan fingerprint density at radius 2 is 1.46 bits per heavy atom. The number of nitrogens with zero attached hydrogens (tertiary/aromatic N) is 2. The van der Waals surface area contributed by atoms with Gasteiger partial charge in [-0.15, -0.1) is 0 Å². The lowest BCUT2D eigenvalue weighted by atomic mass is 9.86. The summed E-state index contributed by atoms with van der Waals surface area (Å²) in [6, 6.07) is 21.0. The fourth-order valence-corrected chi connectivity index (χ4v) is 5.68. The normalized spacial score (nSPS) is 11.8. The highest BCUT2D eigenvalue weighted by molar-refractivity contribution is 5.98. The van der Waals surface area contributed by atoms with Crippen LogP contribution in [0.15, 0.2) is 114 Å². The number of carbonyl (C=O) groups excluding carboxylic acids is 2. The smallest absolute Gasteiger partial charge is 0.322 e. The molecule has 3 N–H and O–H groups in total. The van der Waals surface area contributed by atoms with Crippen molar-refractivity contribution >= 4 is 17.8 Å². The van der Waals surface area contributed by atoms with Crippen molar-refractivity contribution in [2.24, 2.45) is 5.41 Å². The number of hydrogen-bond acceptors (Lipinski definition) is 7. The highest BCUT2D eigenvalue weighted by atomic mass is 16.5. The van der Waals surface area contributed by atoms with Crippen molar-refractivity contribution in [3.05, 3.63) is 126 Å². The first kappa shape index (κ1) is 49.4. The maximum Gasteiger partial charge on any atom is 0.322 e. The summed E-state index contributed by atoms with van der Waals surface area (Å²) >= 11 is 0. The zero-order chi connectivity index (χ0) is 44.0. The first-order chi connectivity index (χ1) is 28.0. The average molecular weight is 807 g/mol. The Morgan fingerprint density at radius 3 is 1.98 bits per heavy atom. The molecule has 2 amide bonds. The van der Waals surface area contributed by atoms with Gasteiger partial charge in [-0.05, 0) is 70.3 Å². The summed E-state index contributed by atoms with van der Waals surface area (Å²) in [4.78, 5) is 41.6. The van der Waals surface area contributed by atoms with Crippen molar-refractivity contribution in [1.29, 1.82) is 0 Å². The molecule has 318 valence electrons. The molecule has 0 aliphatic heterocycles. The summed E-state index contributed by atoms with van der Waals surface area (Å²) in [7, 11) is 0. The van der Waals surface area contributed by atoms with Gasteiger partial charge in [0.25, 0.3) is 11.8 Å². The van der Waals surface area contributed by atoms with Crippen LogP contribution in [0.25, 0.3) is 22.8 Å². The Morgan fingerprint density at radius 1 is 0.847 bits per heavy atom. The number of allylic oxidation sites excluding steroid dienone is 4. The molecular weight excluding hydrogens is 741 g/mol. The van der Waals surface area contributed by atoms with Gasteiger partial charge in [0.05, 0.1) is 6.61 Å². The summed E-state index contributed by atoms with van der Waals surface area (Å²) in [5.74, 6) is -0.627. The predicted molar refractivity (Wildman–Crippen MR) is 239 cm³/mol. The van der Waals surface area contributed by atoms with Gasteiger partial charge in [-0.2, -0.15) is 4.98 Å². The molecule has 0 radical (unpaired) electrons. The molecular formula is C49H66N4O6. The highest BCUT2D eigenvalue weighted by Crippen LogP contribution is 2.27. The molecule has 3 aromatic carbocycles. The number of amides is 2. The van der Waals surface area contributed by atoms with Gasteiger partial charge in [0.1, 0.15) is 18.3 Å². The molecule has 1 aromatic heterocycles. The molecule has 1 heterocycles. The number of aliphatic carboxylic acids is 1. The van der Waals surface area contributed by atoms with Crippen molar-refractivity contribution < 1.29 is 28.8 Å². The lowest BCUT2D eigenvalue weighted by molar-refractivity contribution is -0.138. The van der Waals surface area contributed by atoms with E-state index < -0.39 is 30.4 Å². The topological polar surface area (TPSA) is 144 Å². The molecule has 0 aliphatic carbocycles. The number of unbranched alkanes of at least 4 members (excludes halogenated alkanes) is 4. The number of carboxylic acid groups (broad SMARTS) is 1. The second-order valence-corrected chi connectivity index (χ2v) is 15.9. The zero-order valence-electron chi connectivity index (χ0n) is 36.7. The van der Waals surface area contributed by atoms with E-state index in [2.05, 4.69) is 82.4 Å². The van der Waals surface area contributed by atoms with Gasteiger partial charge in [-0.25, -0.2) is 0 Å². The van der Waals surface area contributed by atoms with Gasteiger partial charge in [0, 0.05) is 23.1 Å². The van der Waals surface area contributed by atoms with Crippen LogP contribution in [0.1, 0.15) is 116 Å². The van der Waals surface area contributed by atoms with E-state index in [1.54, 1.807) is 30.3 Å². The number of carboxylic acids is 1. The zero-order valence-corrected chi connectivity index (χ0v) is 36.7. The van der Waals surface area contributed by atoms with Gasteiger partial charge in [0.15, 0.2) is 0 Å². The second kappa shape index (κ2) is 24.9. The first-order valence-corrected chi connectivity index (χ1v) is 20.6. The molecule has 4 aromatic rings. The molecule has 59 heavy (non-hydrogen) atoms. The van der Waals surface area contributed by atoms with Crippen LogP contribution in [-0.4, -0.2) is 52.2 Å². The molecule has 1 atom stereocenters. The minimum absolute atomic E-state index is 0.0722. The van der Waals surface area contributed by atoms with E-state index in [1.165, 1.54) is 31.3 Å². The van der Waals surface area contributed by atoms with Crippen LogP contribution in [0, 0.1) is 5.41 Å². The molecule has 0 spiro atoms. The van der Waals surface area contributed by atoms with Crippen LogP contribution in [0.3, 0.4) is 0 Å². The average Bonchev–Trinajstić information content (AvgIpc) is 3.71. The summed E-state index contributed by atoms with van der Waals surface area (Å²) in [6.07, 6.45) is 11.7. The number of benzene rings is 3. The summed E-state index contributed by atoms with van der Waals surface area (Å²) < 4.78 is 11.4. The maximum absolute atomic E-state index is 13.1. The molecule has 0 aliphatic rings. The monoisotopic (exact) mass is 806 g/mol. The van der Waals surface area contributed by atoms with Gasteiger partial charge < -0.3 is 25.0 Å². The maximum atomic E-state index is 13.1. The molecule has 0 saturated carbocycles. The number of hydrogen-bond donors (Lipinski definition) is 3. The minimum atomic E-state index is -1.18. The Balaban J connectivity index is 0.000000874.